The molecule has 1 heterocycles. The van der Waals surface area contributed by atoms with Crippen molar-refractivity contribution >= 4 is 0 Å². The molecule has 2 heteroatoms. The number of hydrogen-bond donors (Lipinski definition) is 1. The first-order chi connectivity index (χ1) is 9.38. The molecule has 1 N–H and O–H groups in total. The lowest BCUT2D eigenvalue weighted by molar-refractivity contribution is 0.0599. The maximum absolute atomic E-state index is 5.48. The smallest absolute Gasteiger partial charge is 0.0468 e. The maximum Gasteiger partial charge on any atom is 0.0468 e. The van der Waals surface area contributed by atoms with E-state index in [1.165, 1.54) is 64.2 Å². The highest BCUT2D eigenvalue weighted by Gasteiger charge is 2.20. The summed E-state index contributed by atoms with van der Waals surface area (Å²) < 4.78 is 5.48. The van der Waals surface area contributed by atoms with E-state index in [0.717, 1.165) is 37.6 Å². The van der Waals surface area contributed by atoms with Crippen LogP contribution in [-0.4, -0.2) is 25.8 Å². The van der Waals surface area contributed by atoms with Crippen molar-refractivity contribution in [3.63, 3.8) is 0 Å². The molecule has 1 saturated heterocycles. The lowest BCUT2D eigenvalue weighted by Crippen LogP contribution is -2.33. The van der Waals surface area contributed by atoms with Gasteiger partial charge in [0.15, 0.2) is 0 Å². The van der Waals surface area contributed by atoms with Crippen LogP contribution in [0.4, 0.5) is 0 Å². The molecular weight excluding hydrogens is 234 g/mol. The van der Waals surface area contributed by atoms with Crippen LogP contribution in [0.3, 0.4) is 0 Å². The predicted molar refractivity (Wildman–Crippen MR) is 81.4 cm³/mol. The first-order valence-electron chi connectivity index (χ1n) is 8.69. The molecule has 112 valence electrons. The summed E-state index contributed by atoms with van der Waals surface area (Å²) in [4.78, 5) is 0. The van der Waals surface area contributed by atoms with E-state index in [9.17, 15) is 0 Å². The van der Waals surface area contributed by atoms with Gasteiger partial charge < -0.3 is 10.1 Å². The standard InChI is InChI=1S/C17H33NO/c1-2-18-17(14-16-10-12-19-13-11-16)9-8-15-6-4-3-5-7-15/h15-18H,2-14H2,1H3. The number of ether oxygens (including phenoxy) is 1. The first-order valence-corrected chi connectivity index (χ1v) is 8.69. The topological polar surface area (TPSA) is 21.3 Å². The van der Waals surface area contributed by atoms with Crippen molar-refractivity contribution in [1.29, 1.82) is 0 Å². The Kier molecular flexibility index (Phi) is 7.23. The molecule has 2 nitrogen and oxygen atoms in total. The average molecular weight is 267 g/mol. The second-order valence-electron chi connectivity index (χ2n) is 6.63. The molecular formula is C17H33NO. The van der Waals surface area contributed by atoms with E-state index < -0.39 is 0 Å². The van der Waals surface area contributed by atoms with Gasteiger partial charge in [-0.2, -0.15) is 0 Å². The molecule has 1 aliphatic heterocycles. The minimum absolute atomic E-state index is 0.759. The summed E-state index contributed by atoms with van der Waals surface area (Å²) >= 11 is 0. The fraction of sp³-hybridized carbons (Fsp3) is 1.00. The van der Waals surface area contributed by atoms with Gasteiger partial charge >= 0.3 is 0 Å². The maximum atomic E-state index is 5.48. The van der Waals surface area contributed by atoms with Crippen molar-refractivity contribution < 1.29 is 4.74 Å². The summed E-state index contributed by atoms with van der Waals surface area (Å²) in [5.41, 5.74) is 0. The van der Waals surface area contributed by atoms with Crippen molar-refractivity contribution in [3.8, 4) is 0 Å². The first kappa shape index (κ1) is 15.3. The normalized spacial score (nSPS) is 24.5. The Morgan fingerprint density at radius 1 is 1.00 bits per heavy atom. The van der Waals surface area contributed by atoms with E-state index in [4.69, 9.17) is 4.74 Å². The van der Waals surface area contributed by atoms with Gasteiger partial charge in [0.05, 0.1) is 0 Å². The monoisotopic (exact) mass is 267 g/mol. The molecule has 0 aromatic carbocycles. The van der Waals surface area contributed by atoms with Gasteiger partial charge in [0.1, 0.15) is 0 Å². The van der Waals surface area contributed by atoms with Gasteiger partial charge in [0.2, 0.25) is 0 Å². The molecule has 0 radical (unpaired) electrons. The third kappa shape index (κ3) is 5.83. The van der Waals surface area contributed by atoms with Gasteiger partial charge in [-0.15, -0.1) is 0 Å². The largest absolute Gasteiger partial charge is 0.381 e. The fourth-order valence-corrected chi connectivity index (χ4v) is 3.89. The zero-order chi connectivity index (χ0) is 13.3. The predicted octanol–water partition coefficient (Wildman–Crippen LogP) is 4.14. The molecule has 2 rings (SSSR count). The zero-order valence-electron chi connectivity index (χ0n) is 12.8. The molecule has 0 aromatic rings. The summed E-state index contributed by atoms with van der Waals surface area (Å²) in [6.45, 7) is 5.36. The van der Waals surface area contributed by atoms with Gasteiger partial charge in [-0.25, -0.2) is 0 Å². The molecule has 0 aromatic heterocycles. The van der Waals surface area contributed by atoms with Crippen LogP contribution in [0.1, 0.15) is 71.1 Å². The summed E-state index contributed by atoms with van der Waals surface area (Å²) in [7, 11) is 0. The Bertz CT molecular complexity index is 219. The molecule has 0 spiro atoms. The number of rotatable bonds is 7. The molecule has 2 fully saturated rings. The molecule has 2 aliphatic rings. The Hall–Kier alpha value is -0.0800. The van der Waals surface area contributed by atoms with Crippen LogP contribution in [0.5, 0.6) is 0 Å². The SMILES string of the molecule is CCNC(CCC1CCCCC1)CC1CCOCC1. The van der Waals surface area contributed by atoms with E-state index in [2.05, 4.69) is 12.2 Å². The second-order valence-corrected chi connectivity index (χ2v) is 6.63. The van der Waals surface area contributed by atoms with Gasteiger partial charge in [0, 0.05) is 19.3 Å². The number of nitrogens with one attached hydrogen (secondary N) is 1. The lowest BCUT2D eigenvalue weighted by atomic mass is 9.83. The fourth-order valence-electron chi connectivity index (χ4n) is 3.89. The highest BCUT2D eigenvalue weighted by atomic mass is 16.5. The van der Waals surface area contributed by atoms with Gasteiger partial charge in [-0.3, -0.25) is 0 Å². The molecule has 1 saturated carbocycles. The summed E-state index contributed by atoms with van der Waals surface area (Å²) in [6.07, 6.45) is 14.2. The minimum Gasteiger partial charge on any atom is -0.381 e. The van der Waals surface area contributed by atoms with Crippen LogP contribution in [0.2, 0.25) is 0 Å². The van der Waals surface area contributed by atoms with Crippen LogP contribution in [-0.2, 0) is 4.74 Å². The minimum atomic E-state index is 0.759. The van der Waals surface area contributed by atoms with Gasteiger partial charge in [0.25, 0.3) is 0 Å². The third-order valence-corrected chi connectivity index (χ3v) is 5.10. The highest BCUT2D eigenvalue weighted by Crippen LogP contribution is 2.29. The van der Waals surface area contributed by atoms with E-state index in [-0.39, 0.29) is 0 Å². The quantitative estimate of drug-likeness (QED) is 0.748. The highest BCUT2D eigenvalue weighted by molar-refractivity contribution is 4.76. The summed E-state index contributed by atoms with van der Waals surface area (Å²) in [5, 5.41) is 3.73. The molecule has 0 bridgehead atoms. The molecule has 1 atom stereocenters. The molecule has 19 heavy (non-hydrogen) atoms. The Labute approximate surface area is 119 Å². The van der Waals surface area contributed by atoms with Crippen LogP contribution >= 0.6 is 0 Å². The van der Waals surface area contributed by atoms with Crippen molar-refractivity contribution in [1.82, 2.24) is 5.32 Å². The molecule has 1 aliphatic carbocycles. The van der Waals surface area contributed by atoms with E-state index in [0.29, 0.717) is 0 Å². The molecule has 1 unspecified atom stereocenters. The van der Waals surface area contributed by atoms with E-state index in [1.54, 1.807) is 0 Å². The summed E-state index contributed by atoms with van der Waals surface area (Å²) in [6, 6.07) is 0.759. The van der Waals surface area contributed by atoms with E-state index in [1.807, 2.05) is 0 Å². The third-order valence-electron chi connectivity index (χ3n) is 5.10. The Morgan fingerprint density at radius 2 is 1.74 bits per heavy atom. The molecule has 0 amide bonds. The summed E-state index contributed by atoms with van der Waals surface area (Å²) in [5.74, 6) is 1.94. The van der Waals surface area contributed by atoms with Crippen molar-refractivity contribution in [2.75, 3.05) is 19.8 Å². The lowest BCUT2D eigenvalue weighted by Gasteiger charge is -2.29. The van der Waals surface area contributed by atoms with Crippen molar-refractivity contribution in [2.24, 2.45) is 11.8 Å². The average Bonchev–Trinajstić information content (AvgIpc) is 2.47. The van der Waals surface area contributed by atoms with Crippen LogP contribution in [0.25, 0.3) is 0 Å². The van der Waals surface area contributed by atoms with Crippen LogP contribution in [0.15, 0.2) is 0 Å². The van der Waals surface area contributed by atoms with Crippen molar-refractivity contribution in [3.05, 3.63) is 0 Å². The number of hydrogen-bond acceptors (Lipinski definition) is 2. The van der Waals surface area contributed by atoms with Gasteiger partial charge in [-0.1, -0.05) is 39.0 Å². The Balaban J connectivity index is 1.68. The Morgan fingerprint density at radius 3 is 2.42 bits per heavy atom. The van der Waals surface area contributed by atoms with Crippen molar-refractivity contribution in [2.45, 2.75) is 77.2 Å². The van der Waals surface area contributed by atoms with Gasteiger partial charge in [-0.05, 0) is 50.5 Å². The van der Waals surface area contributed by atoms with Crippen LogP contribution < -0.4 is 5.32 Å². The van der Waals surface area contributed by atoms with E-state index >= 15 is 0 Å². The second kappa shape index (κ2) is 8.97. The van der Waals surface area contributed by atoms with Crippen LogP contribution in [0, 0.1) is 11.8 Å². The zero-order valence-corrected chi connectivity index (χ0v) is 12.8.